The Balaban J connectivity index is 1.86. The Morgan fingerprint density at radius 1 is 1.21 bits per heavy atom. The van der Waals surface area contributed by atoms with E-state index >= 15 is 0 Å². The molecule has 2 aromatic carbocycles. The summed E-state index contributed by atoms with van der Waals surface area (Å²) in [6.07, 6.45) is 1.72. The fourth-order valence-electron chi connectivity index (χ4n) is 3.69. The maximum Gasteiger partial charge on any atom is 0.338 e. The number of esters is 1. The number of ketones is 1. The second kappa shape index (κ2) is 7.50. The van der Waals surface area contributed by atoms with E-state index in [0.29, 0.717) is 11.5 Å². The average molecular weight is 393 g/mol. The summed E-state index contributed by atoms with van der Waals surface area (Å²) in [4.78, 5) is 33.6. The fraction of sp³-hybridized carbons (Fsp3) is 0.227. The molecular formula is C22H20FN3O3. The van der Waals surface area contributed by atoms with Gasteiger partial charge in [0.2, 0.25) is 0 Å². The molecule has 0 aliphatic carbocycles. The summed E-state index contributed by atoms with van der Waals surface area (Å²) in [6, 6.07) is 10.6. The van der Waals surface area contributed by atoms with E-state index in [4.69, 9.17) is 4.74 Å². The number of nitrogens with one attached hydrogen (secondary N) is 2. The van der Waals surface area contributed by atoms with Gasteiger partial charge in [0.1, 0.15) is 17.6 Å². The van der Waals surface area contributed by atoms with Gasteiger partial charge >= 0.3 is 5.97 Å². The van der Waals surface area contributed by atoms with Gasteiger partial charge in [0.15, 0.2) is 5.78 Å². The minimum Gasteiger partial charge on any atom is -0.462 e. The standard InChI is InChI=1S/C22H20FN3O3/c1-3-29-22(28)15-5-4-6-16-17(15)20(27)18(21-24-11-12(2)25-21)19(26-16)13-7-9-14(23)10-8-13/h4-11,18-19,26H,3H2,1-2H3,(H,24,25). The van der Waals surface area contributed by atoms with Crippen molar-refractivity contribution in [2.75, 3.05) is 11.9 Å². The summed E-state index contributed by atoms with van der Waals surface area (Å²) in [5, 5.41) is 3.35. The molecule has 0 amide bonds. The minimum atomic E-state index is -0.711. The molecule has 4 rings (SSSR count). The Kier molecular flexibility index (Phi) is 4.88. The summed E-state index contributed by atoms with van der Waals surface area (Å²) in [7, 11) is 0. The van der Waals surface area contributed by atoms with Gasteiger partial charge in [-0.15, -0.1) is 0 Å². The molecule has 7 heteroatoms. The lowest BCUT2D eigenvalue weighted by molar-refractivity contribution is 0.0522. The summed E-state index contributed by atoms with van der Waals surface area (Å²) in [5.74, 6) is -1.37. The number of benzene rings is 2. The Labute approximate surface area is 167 Å². The molecule has 2 unspecified atom stereocenters. The maximum absolute atomic E-state index is 13.6. The van der Waals surface area contributed by atoms with Gasteiger partial charge in [0, 0.05) is 11.9 Å². The van der Waals surface area contributed by atoms with Gasteiger partial charge in [-0.2, -0.15) is 0 Å². The van der Waals surface area contributed by atoms with Crippen LogP contribution in [-0.4, -0.2) is 28.3 Å². The fourth-order valence-corrected chi connectivity index (χ4v) is 3.69. The first-order chi connectivity index (χ1) is 14.0. The van der Waals surface area contributed by atoms with Crippen molar-refractivity contribution in [3.63, 3.8) is 0 Å². The van der Waals surface area contributed by atoms with Gasteiger partial charge in [0.25, 0.3) is 0 Å². The second-order valence-electron chi connectivity index (χ2n) is 6.89. The first kappa shape index (κ1) is 18.9. The van der Waals surface area contributed by atoms with Crippen LogP contribution in [0.4, 0.5) is 10.1 Å². The van der Waals surface area contributed by atoms with Crippen molar-refractivity contribution in [3.8, 4) is 0 Å². The monoisotopic (exact) mass is 393 g/mol. The number of Topliss-reactive ketones (excluding diaryl/α,β-unsaturated/α-hetero) is 1. The molecule has 1 aromatic heterocycles. The van der Waals surface area contributed by atoms with Crippen molar-refractivity contribution in [1.29, 1.82) is 0 Å². The van der Waals surface area contributed by atoms with Crippen LogP contribution in [-0.2, 0) is 4.74 Å². The van der Waals surface area contributed by atoms with Crippen molar-refractivity contribution in [3.05, 3.63) is 82.7 Å². The number of ether oxygens (including phenoxy) is 1. The largest absolute Gasteiger partial charge is 0.462 e. The lowest BCUT2D eigenvalue weighted by Crippen LogP contribution is -2.34. The Bertz CT molecular complexity index is 1080. The topological polar surface area (TPSA) is 84.1 Å². The summed E-state index contributed by atoms with van der Waals surface area (Å²) in [6.45, 7) is 3.75. The lowest BCUT2D eigenvalue weighted by Gasteiger charge is -2.33. The number of carbonyl (C=O) groups is 2. The summed E-state index contributed by atoms with van der Waals surface area (Å²) in [5.41, 5.74) is 2.52. The van der Waals surface area contributed by atoms with Gasteiger partial charge < -0.3 is 15.0 Å². The lowest BCUT2D eigenvalue weighted by atomic mass is 9.80. The number of aromatic amines is 1. The highest BCUT2D eigenvalue weighted by Crippen LogP contribution is 2.42. The van der Waals surface area contributed by atoms with E-state index in [1.54, 1.807) is 43.5 Å². The molecule has 29 heavy (non-hydrogen) atoms. The Hall–Kier alpha value is -3.48. The highest BCUT2D eigenvalue weighted by molar-refractivity contribution is 6.14. The van der Waals surface area contributed by atoms with Crippen molar-refractivity contribution in [2.24, 2.45) is 0 Å². The normalized spacial score (nSPS) is 18.1. The molecular weight excluding hydrogens is 373 g/mol. The molecule has 3 aromatic rings. The van der Waals surface area contributed by atoms with Crippen LogP contribution >= 0.6 is 0 Å². The van der Waals surface area contributed by atoms with E-state index in [1.807, 2.05) is 6.92 Å². The van der Waals surface area contributed by atoms with E-state index in [1.165, 1.54) is 12.1 Å². The molecule has 0 radical (unpaired) electrons. The predicted octanol–water partition coefficient (Wildman–Crippen LogP) is 4.17. The molecule has 1 aliphatic rings. The van der Waals surface area contributed by atoms with Crippen LogP contribution in [0.2, 0.25) is 0 Å². The number of imidazole rings is 1. The molecule has 0 fully saturated rings. The number of fused-ring (bicyclic) bond motifs is 1. The van der Waals surface area contributed by atoms with Gasteiger partial charge in [-0.1, -0.05) is 18.2 Å². The number of carbonyl (C=O) groups excluding carboxylic acids is 2. The Morgan fingerprint density at radius 2 is 1.97 bits per heavy atom. The third kappa shape index (κ3) is 3.40. The molecule has 0 bridgehead atoms. The number of hydrogen-bond donors (Lipinski definition) is 2. The second-order valence-corrected chi connectivity index (χ2v) is 6.89. The van der Waals surface area contributed by atoms with Gasteiger partial charge in [-0.25, -0.2) is 14.2 Å². The first-order valence-electron chi connectivity index (χ1n) is 9.38. The molecule has 0 saturated carbocycles. The number of hydrogen-bond acceptors (Lipinski definition) is 5. The summed E-state index contributed by atoms with van der Waals surface area (Å²) < 4.78 is 18.6. The first-order valence-corrected chi connectivity index (χ1v) is 9.38. The van der Waals surface area contributed by atoms with E-state index in [9.17, 15) is 14.0 Å². The molecule has 148 valence electrons. The van der Waals surface area contributed by atoms with Crippen LogP contribution in [0, 0.1) is 12.7 Å². The van der Waals surface area contributed by atoms with Crippen molar-refractivity contribution in [2.45, 2.75) is 25.8 Å². The highest BCUT2D eigenvalue weighted by atomic mass is 19.1. The van der Waals surface area contributed by atoms with Crippen LogP contribution < -0.4 is 5.32 Å². The molecule has 0 saturated heterocycles. The molecule has 6 nitrogen and oxygen atoms in total. The minimum absolute atomic E-state index is 0.211. The quantitative estimate of drug-likeness (QED) is 0.650. The van der Waals surface area contributed by atoms with Gasteiger partial charge in [-0.3, -0.25) is 4.79 Å². The van der Waals surface area contributed by atoms with E-state index in [0.717, 1.165) is 11.3 Å². The van der Waals surface area contributed by atoms with Gasteiger partial charge in [-0.05, 0) is 43.7 Å². The third-order valence-electron chi connectivity index (χ3n) is 4.98. The van der Waals surface area contributed by atoms with Crippen molar-refractivity contribution >= 4 is 17.4 Å². The van der Waals surface area contributed by atoms with Crippen LogP contribution in [0.15, 0.2) is 48.7 Å². The van der Waals surface area contributed by atoms with E-state index < -0.39 is 17.9 Å². The van der Waals surface area contributed by atoms with E-state index in [-0.39, 0.29) is 29.3 Å². The average Bonchev–Trinajstić information content (AvgIpc) is 3.14. The molecule has 2 atom stereocenters. The zero-order valence-corrected chi connectivity index (χ0v) is 16.0. The number of H-pyrrole nitrogens is 1. The summed E-state index contributed by atoms with van der Waals surface area (Å²) >= 11 is 0. The zero-order valence-electron chi connectivity index (χ0n) is 16.0. The maximum atomic E-state index is 13.6. The SMILES string of the molecule is CCOC(=O)c1cccc2c1C(=O)C(c1nc(C)c[nH]1)C(c1ccc(F)cc1)N2. The highest BCUT2D eigenvalue weighted by Gasteiger charge is 2.41. The molecule has 2 N–H and O–H groups in total. The zero-order chi connectivity index (χ0) is 20.5. The molecule has 2 heterocycles. The number of rotatable bonds is 4. The van der Waals surface area contributed by atoms with Gasteiger partial charge in [0.05, 0.1) is 29.5 Å². The predicted molar refractivity (Wildman–Crippen MR) is 106 cm³/mol. The van der Waals surface area contributed by atoms with Crippen molar-refractivity contribution in [1.82, 2.24) is 9.97 Å². The van der Waals surface area contributed by atoms with Crippen LogP contribution in [0.5, 0.6) is 0 Å². The number of anilines is 1. The van der Waals surface area contributed by atoms with Crippen LogP contribution in [0.3, 0.4) is 0 Å². The number of nitrogens with zero attached hydrogens (tertiary/aromatic N) is 1. The van der Waals surface area contributed by atoms with Crippen LogP contribution in [0.25, 0.3) is 0 Å². The number of aromatic nitrogens is 2. The Morgan fingerprint density at radius 3 is 2.62 bits per heavy atom. The molecule has 0 spiro atoms. The van der Waals surface area contributed by atoms with Crippen LogP contribution in [0.1, 0.15) is 56.7 Å². The van der Waals surface area contributed by atoms with E-state index in [2.05, 4.69) is 15.3 Å². The molecule has 1 aliphatic heterocycles. The number of halogens is 1. The number of aryl methyl sites for hydroxylation is 1. The third-order valence-corrected chi connectivity index (χ3v) is 4.98. The van der Waals surface area contributed by atoms with Crippen molar-refractivity contribution < 1.29 is 18.7 Å². The smallest absolute Gasteiger partial charge is 0.338 e.